The molecular weight excluding hydrogens is 418 g/mol. The number of amides is 1. The van der Waals surface area contributed by atoms with Crippen molar-refractivity contribution >= 4 is 49.1 Å². The van der Waals surface area contributed by atoms with Crippen LogP contribution in [0.1, 0.15) is 55.8 Å². The Morgan fingerprint density at radius 1 is 1.19 bits per heavy atom. The van der Waals surface area contributed by atoms with Gasteiger partial charge in [0.15, 0.2) is 0 Å². The summed E-state index contributed by atoms with van der Waals surface area (Å²) in [6.07, 6.45) is 6.53. The summed E-state index contributed by atoms with van der Waals surface area (Å²) in [5.74, 6) is 0.0489. The Labute approximate surface area is 148 Å². The molecule has 1 heterocycles. The van der Waals surface area contributed by atoms with Crippen LogP contribution in [0, 0.1) is 0 Å². The van der Waals surface area contributed by atoms with E-state index in [2.05, 4.69) is 38.8 Å². The van der Waals surface area contributed by atoms with E-state index in [1.165, 1.54) is 30.6 Å². The third-order valence-electron chi connectivity index (χ3n) is 3.29. The summed E-state index contributed by atoms with van der Waals surface area (Å²) in [5, 5.41) is 9.02. The second kappa shape index (κ2) is 10.8. The van der Waals surface area contributed by atoms with Gasteiger partial charge in [-0.05, 0) is 50.8 Å². The second-order valence-corrected chi connectivity index (χ2v) is 8.77. The third-order valence-corrected chi connectivity index (χ3v) is 5.63. The minimum Gasteiger partial charge on any atom is -0.396 e. The molecule has 0 atom stereocenters. The summed E-state index contributed by atoms with van der Waals surface area (Å²) >= 11 is 8.37. The van der Waals surface area contributed by atoms with Crippen molar-refractivity contribution < 1.29 is 9.90 Å². The molecule has 0 unspecified atom stereocenters. The first-order chi connectivity index (χ1) is 10.1. The van der Waals surface area contributed by atoms with E-state index in [1.54, 1.807) is 0 Å². The molecular formula is C15H23Br2NO2S. The molecule has 0 spiro atoms. The van der Waals surface area contributed by atoms with Gasteiger partial charge >= 0.3 is 0 Å². The number of unbranched alkanes of at least 4 members (excludes halogenated alkanes) is 4. The van der Waals surface area contributed by atoms with Crippen LogP contribution in [0.15, 0.2) is 13.6 Å². The zero-order valence-corrected chi connectivity index (χ0v) is 16.4. The molecule has 0 radical (unpaired) electrons. The first kappa shape index (κ1) is 19.1. The highest BCUT2D eigenvalue weighted by Crippen LogP contribution is 2.32. The quantitative estimate of drug-likeness (QED) is 0.516. The number of nitrogens with zero attached hydrogens (tertiary/aromatic N) is 1. The minimum absolute atomic E-state index is 0.0489. The molecule has 1 aromatic heterocycles. The Morgan fingerprint density at radius 3 is 2.43 bits per heavy atom. The van der Waals surface area contributed by atoms with Gasteiger partial charge in [0.2, 0.25) is 0 Å². The van der Waals surface area contributed by atoms with E-state index in [4.69, 9.17) is 5.11 Å². The lowest BCUT2D eigenvalue weighted by molar-refractivity contribution is 0.0741. The predicted octanol–water partition coefficient (Wildman–Crippen LogP) is 5.07. The zero-order valence-electron chi connectivity index (χ0n) is 12.4. The predicted molar refractivity (Wildman–Crippen MR) is 96.1 cm³/mol. The third kappa shape index (κ3) is 6.80. The zero-order chi connectivity index (χ0) is 15.7. The highest BCUT2D eigenvalue weighted by Gasteiger charge is 2.19. The molecule has 1 aromatic rings. The first-order valence-electron chi connectivity index (χ1n) is 7.45. The van der Waals surface area contributed by atoms with Crippen LogP contribution in [0.25, 0.3) is 0 Å². The van der Waals surface area contributed by atoms with Crippen LogP contribution in [0.3, 0.4) is 0 Å². The highest BCUT2D eigenvalue weighted by atomic mass is 79.9. The fraction of sp³-hybridized carbons (Fsp3) is 0.667. The Hall–Kier alpha value is 0.0900. The van der Waals surface area contributed by atoms with Crippen molar-refractivity contribution in [2.45, 2.75) is 45.4 Å². The normalized spacial score (nSPS) is 10.9. The van der Waals surface area contributed by atoms with Gasteiger partial charge in [-0.1, -0.05) is 32.6 Å². The van der Waals surface area contributed by atoms with E-state index in [0.29, 0.717) is 18.5 Å². The molecule has 120 valence electrons. The highest BCUT2D eigenvalue weighted by molar-refractivity contribution is 9.12. The smallest absolute Gasteiger partial charge is 0.255 e. The van der Waals surface area contributed by atoms with Gasteiger partial charge in [-0.2, -0.15) is 0 Å². The lowest BCUT2D eigenvalue weighted by Crippen LogP contribution is -2.33. The molecule has 1 rings (SSSR count). The summed E-state index contributed by atoms with van der Waals surface area (Å²) in [6, 6.07) is 1.86. The van der Waals surface area contributed by atoms with E-state index >= 15 is 0 Å². The Balaban J connectivity index is 2.59. The fourth-order valence-corrected chi connectivity index (χ4v) is 4.92. The van der Waals surface area contributed by atoms with Crippen molar-refractivity contribution in [2.24, 2.45) is 0 Å². The number of carbonyl (C=O) groups excluding carboxylic acids is 1. The van der Waals surface area contributed by atoms with Gasteiger partial charge in [0.1, 0.15) is 0 Å². The summed E-state index contributed by atoms with van der Waals surface area (Å²) in [6.45, 7) is 3.70. The average Bonchev–Trinajstić information content (AvgIpc) is 2.80. The molecule has 0 aliphatic heterocycles. The van der Waals surface area contributed by atoms with Crippen LogP contribution in [0.5, 0.6) is 0 Å². The van der Waals surface area contributed by atoms with E-state index < -0.39 is 0 Å². The van der Waals surface area contributed by atoms with Crippen molar-refractivity contribution in [3.8, 4) is 0 Å². The van der Waals surface area contributed by atoms with Crippen LogP contribution in [-0.4, -0.2) is 35.6 Å². The summed E-state index contributed by atoms with van der Waals surface area (Å²) in [7, 11) is 0. The molecule has 0 saturated heterocycles. The van der Waals surface area contributed by atoms with E-state index in [9.17, 15) is 4.79 Å². The summed E-state index contributed by atoms with van der Waals surface area (Å²) < 4.78 is 1.81. The average molecular weight is 441 g/mol. The maximum atomic E-state index is 12.6. The SMILES string of the molecule is CCCCCCCN(CCCO)C(=O)c1cc(Br)sc1Br. The van der Waals surface area contributed by atoms with Crippen molar-refractivity contribution in [3.63, 3.8) is 0 Å². The summed E-state index contributed by atoms with van der Waals surface area (Å²) in [4.78, 5) is 14.5. The van der Waals surface area contributed by atoms with E-state index in [1.807, 2.05) is 11.0 Å². The van der Waals surface area contributed by atoms with Crippen LogP contribution < -0.4 is 0 Å². The van der Waals surface area contributed by atoms with Crippen LogP contribution >= 0.6 is 43.2 Å². The van der Waals surface area contributed by atoms with Gasteiger partial charge in [0, 0.05) is 19.7 Å². The van der Waals surface area contributed by atoms with Gasteiger partial charge < -0.3 is 10.0 Å². The number of hydrogen-bond acceptors (Lipinski definition) is 3. The monoisotopic (exact) mass is 439 g/mol. The van der Waals surface area contributed by atoms with Crippen molar-refractivity contribution in [1.82, 2.24) is 4.90 Å². The van der Waals surface area contributed by atoms with Crippen LogP contribution in [0.2, 0.25) is 0 Å². The molecule has 6 heteroatoms. The van der Waals surface area contributed by atoms with Gasteiger partial charge in [-0.3, -0.25) is 4.79 Å². The van der Waals surface area contributed by atoms with E-state index in [0.717, 1.165) is 27.0 Å². The van der Waals surface area contributed by atoms with Gasteiger partial charge in [-0.15, -0.1) is 11.3 Å². The number of aliphatic hydroxyl groups is 1. The molecule has 0 fully saturated rings. The topological polar surface area (TPSA) is 40.5 Å². The van der Waals surface area contributed by atoms with Crippen molar-refractivity contribution in [2.75, 3.05) is 19.7 Å². The lowest BCUT2D eigenvalue weighted by Gasteiger charge is -2.22. The molecule has 0 aromatic carbocycles. The number of thiophene rings is 1. The maximum Gasteiger partial charge on any atom is 0.255 e. The van der Waals surface area contributed by atoms with Gasteiger partial charge in [0.05, 0.1) is 13.1 Å². The lowest BCUT2D eigenvalue weighted by atomic mass is 10.1. The minimum atomic E-state index is 0.0489. The summed E-state index contributed by atoms with van der Waals surface area (Å²) in [5.41, 5.74) is 0.707. The maximum absolute atomic E-state index is 12.6. The number of rotatable bonds is 10. The molecule has 0 aliphatic rings. The molecule has 1 N–H and O–H groups in total. The molecule has 0 bridgehead atoms. The number of hydrogen-bond donors (Lipinski definition) is 1. The molecule has 21 heavy (non-hydrogen) atoms. The standard InChI is InChI=1S/C15H23Br2NO2S/c1-2-3-4-5-6-8-18(9-7-10-19)15(20)12-11-13(16)21-14(12)17/h11,19H,2-10H2,1H3. The van der Waals surface area contributed by atoms with Crippen molar-refractivity contribution in [3.05, 3.63) is 19.2 Å². The Bertz CT molecular complexity index is 437. The number of halogens is 2. The fourth-order valence-electron chi connectivity index (χ4n) is 2.14. The van der Waals surface area contributed by atoms with Gasteiger partial charge in [0.25, 0.3) is 5.91 Å². The van der Waals surface area contributed by atoms with Crippen LogP contribution in [-0.2, 0) is 0 Å². The largest absolute Gasteiger partial charge is 0.396 e. The van der Waals surface area contributed by atoms with Crippen molar-refractivity contribution in [1.29, 1.82) is 0 Å². The molecule has 0 aliphatic carbocycles. The molecule has 1 amide bonds. The first-order valence-corrected chi connectivity index (χ1v) is 9.85. The van der Waals surface area contributed by atoms with Crippen LogP contribution in [0.4, 0.5) is 0 Å². The van der Waals surface area contributed by atoms with Gasteiger partial charge in [-0.25, -0.2) is 0 Å². The second-order valence-electron chi connectivity index (χ2n) is 5.02. The Kier molecular flexibility index (Phi) is 9.80. The number of aliphatic hydroxyl groups excluding tert-OH is 1. The molecule has 0 saturated carbocycles. The molecule has 3 nitrogen and oxygen atoms in total. The van der Waals surface area contributed by atoms with E-state index in [-0.39, 0.29) is 12.5 Å². The Morgan fingerprint density at radius 2 is 1.86 bits per heavy atom. The number of carbonyl (C=O) groups is 1.